The Balaban J connectivity index is 1.22. The number of hydrogen-bond donors (Lipinski definition) is 1. The van der Waals surface area contributed by atoms with Gasteiger partial charge in [-0.25, -0.2) is 9.48 Å². The van der Waals surface area contributed by atoms with E-state index >= 15 is 0 Å². The van der Waals surface area contributed by atoms with Crippen LogP contribution >= 0.6 is 11.8 Å². The summed E-state index contributed by atoms with van der Waals surface area (Å²) >= 11 is 1.52. The molecule has 4 rings (SSSR count). The molecule has 10 nitrogen and oxygen atoms in total. The van der Waals surface area contributed by atoms with Gasteiger partial charge in [0.05, 0.1) is 13.0 Å². The molecule has 1 fully saturated rings. The molecule has 11 heteroatoms. The van der Waals surface area contributed by atoms with Gasteiger partial charge in [0.15, 0.2) is 0 Å². The smallest absolute Gasteiger partial charge is 0.415 e. The zero-order chi connectivity index (χ0) is 24.6. The van der Waals surface area contributed by atoms with Crippen molar-refractivity contribution in [3.05, 3.63) is 59.4 Å². The summed E-state index contributed by atoms with van der Waals surface area (Å²) in [4.78, 5) is 29.6. The molecular weight excluding hydrogens is 468 g/mol. The summed E-state index contributed by atoms with van der Waals surface area (Å²) in [5.41, 5.74) is 3.46. The minimum Gasteiger partial charge on any atom is -0.481 e. The van der Waals surface area contributed by atoms with Crippen molar-refractivity contribution < 1.29 is 19.4 Å². The van der Waals surface area contributed by atoms with Crippen molar-refractivity contribution in [2.24, 2.45) is 0 Å². The van der Waals surface area contributed by atoms with Gasteiger partial charge in [0.1, 0.15) is 5.75 Å². The number of carbonyl (C=O) groups is 2. The van der Waals surface area contributed by atoms with Crippen LogP contribution in [0.4, 0.5) is 4.79 Å². The zero-order valence-electron chi connectivity index (χ0n) is 19.5. The number of aliphatic carboxylic acids is 1. The first kappa shape index (κ1) is 24.6. The van der Waals surface area contributed by atoms with Crippen molar-refractivity contribution in [1.29, 1.82) is 0 Å². The van der Waals surface area contributed by atoms with Crippen LogP contribution in [0.25, 0.3) is 0 Å². The average Bonchev–Trinajstić information content (AvgIpc) is 3.30. The van der Waals surface area contributed by atoms with E-state index < -0.39 is 5.97 Å². The molecule has 1 amide bonds. The molecule has 1 aliphatic heterocycles. The minimum absolute atomic E-state index is 0.0340. The van der Waals surface area contributed by atoms with E-state index in [9.17, 15) is 9.59 Å². The van der Waals surface area contributed by atoms with Gasteiger partial charge in [-0.15, -0.1) is 5.10 Å². The summed E-state index contributed by atoms with van der Waals surface area (Å²) < 4.78 is 7.10. The van der Waals surface area contributed by atoms with Gasteiger partial charge in [0.25, 0.3) is 0 Å². The van der Waals surface area contributed by atoms with Gasteiger partial charge in [0.2, 0.25) is 5.16 Å². The van der Waals surface area contributed by atoms with Gasteiger partial charge in [-0.05, 0) is 72.4 Å². The van der Waals surface area contributed by atoms with E-state index in [0.29, 0.717) is 24.0 Å². The van der Waals surface area contributed by atoms with Crippen molar-refractivity contribution in [2.75, 3.05) is 13.1 Å². The Labute approximate surface area is 207 Å². The Morgan fingerprint density at radius 3 is 2.63 bits per heavy atom. The van der Waals surface area contributed by atoms with E-state index in [0.717, 1.165) is 31.4 Å². The molecule has 0 spiro atoms. The number of carboxylic acids is 1. The molecule has 0 radical (unpaired) electrons. The van der Waals surface area contributed by atoms with Gasteiger partial charge in [0, 0.05) is 30.2 Å². The Hall–Kier alpha value is -3.47. The van der Waals surface area contributed by atoms with Crippen LogP contribution in [0.5, 0.6) is 5.75 Å². The molecular formula is C24H28N6O4S. The second kappa shape index (κ2) is 11.8. The number of likely N-dealkylation sites (tertiary alicyclic amines) is 1. The Kier molecular flexibility index (Phi) is 8.30. The summed E-state index contributed by atoms with van der Waals surface area (Å²) in [7, 11) is 0. The van der Waals surface area contributed by atoms with Crippen LogP contribution in [0.15, 0.2) is 47.8 Å². The quantitative estimate of drug-likeness (QED) is 0.475. The highest BCUT2D eigenvalue weighted by molar-refractivity contribution is 7.99. The molecule has 1 saturated heterocycles. The molecule has 0 unspecified atom stereocenters. The summed E-state index contributed by atoms with van der Waals surface area (Å²) in [6.07, 6.45) is 4.72. The molecule has 0 saturated carbocycles. The number of piperidine rings is 1. The maximum Gasteiger partial charge on any atom is 0.415 e. The molecule has 0 bridgehead atoms. The molecule has 3 aromatic rings. The molecule has 1 aliphatic rings. The van der Waals surface area contributed by atoms with Crippen molar-refractivity contribution >= 4 is 23.8 Å². The fourth-order valence-electron chi connectivity index (χ4n) is 3.86. The molecule has 184 valence electrons. The highest BCUT2D eigenvalue weighted by Crippen LogP contribution is 2.29. The summed E-state index contributed by atoms with van der Waals surface area (Å²) in [5, 5.41) is 21.2. The molecule has 0 atom stereocenters. The monoisotopic (exact) mass is 496 g/mol. The van der Waals surface area contributed by atoms with E-state index in [2.05, 4.69) is 33.5 Å². The fourth-order valence-corrected chi connectivity index (χ4v) is 4.94. The number of benzene rings is 1. The van der Waals surface area contributed by atoms with E-state index in [1.54, 1.807) is 4.90 Å². The number of ether oxygens (including phenoxy) is 1. The number of carboxylic acid groups (broad SMARTS) is 1. The SMILES string of the molecule is Cc1cccnc1CCc1ccc(OC(=O)N2CCC(Sc3nnnn3CCC(=O)O)CC2)cc1. The lowest BCUT2D eigenvalue weighted by Gasteiger charge is -2.30. The molecule has 1 aromatic carbocycles. The van der Waals surface area contributed by atoms with Crippen molar-refractivity contribution in [3.63, 3.8) is 0 Å². The standard InChI is InChI=1S/C24H28N6O4S/c1-17-3-2-13-25-21(17)9-6-18-4-7-19(8-5-18)34-24(33)29-14-10-20(11-15-29)35-23-26-27-28-30(23)16-12-22(31)32/h2-5,7-8,13,20H,6,9-12,14-16H2,1H3,(H,31,32). The average molecular weight is 497 g/mol. The fraction of sp³-hybridized carbons (Fsp3) is 0.417. The number of nitrogens with zero attached hydrogens (tertiary/aromatic N) is 6. The van der Waals surface area contributed by atoms with Gasteiger partial charge >= 0.3 is 12.1 Å². The topological polar surface area (TPSA) is 123 Å². The van der Waals surface area contributed by atoms with E-state index in [1.807, 2.05) is 36.5 Å². The molecule has 3 heterocycles. The first-order chi connectivity index (χ1) is 17.0. The second-order valence-corrected chi connectivity index (χ2v) is 9.68. The van der Waals surface area contributed by atoms with Crippen LogP contribution in [0.2, 0.25) is 0 Å². The maximum atomic E-state index is 12.6. The highest BCUT2D eigenvalue weighted by atomic mass is 32.2. The number of pyridine rings is 1. The lowest BCUT2D eigenvalue weighted by molar-refractivity contribution is -0.137. The van der Waals surface area contributed by atoms with Crippen molar-refractivity contribution in [2.45, 2.75) is 56.0 Å². The van der Waals surface area contributed by atoms with Crippen LogP contribution in [-0.4, -0.2) is 65.6 Å². The number of carbonyl (C=O) groups excluding carboxylic acids is 1. The molecule has 0 aliphatic carbocycles. The van der Waals surface area contributed by atoms with E-state index in [-0.39, 0.29) is 24.3 Å². The maximum absolute atomic E-state index is 12.6. The van der Waals surface area contributed by atoms with Gasteiger partial charge in [-0.1, -0.05) is 30.0 Å². The molecule has 35 heavy (non-hydrogen) atoms. The number of thioether (sulfide) groups is 1. The summed E-state index contributed by atoms with van der Waals surface area (Å²) in [6, 6.07) is 11.6. The Morgan fingerprint density at radius 2 is 1.91 bits per heavy atom. The van der Waals surface area contributed by atoms with Crippen LogP contribution in [0.3, 0.4) is 0 Å². The number of tetrazole rings is 1. The minimum atomic E-state index is -0.891. The van der Waals surface area contributed by atoms with Crippen molar-refractivity contribution in [1.82, 2.24) is 30.1 Å². The van der Waals surface area contributed by atoms with Crippen molar-refractivity contribution in [3.8, 4) is 5.75 Å². The Bertz CT molecular complexity index is 1140. The predicted octanol–water partition coefficient (Wildman–Crippen LogP) is 3.39. The summed E-state index contributed by atoms with van der Waals surface area (Å²) in [5.74, 6) is -0.362. The van der Waals surface area contributed by atoms with E-state index in [1.165, 1.54) is 27.6 Å². The first-order valence-electron chi connectivity index (χ1n) is 11.6. The van der Waals surface area contributed by atoms with Gasteiger partial charge in [-0.2, -0.15) is 0 Å². The van der Waals surface area contributed by atoms with E-state index in [4.69, 9.17) is 9.84 Å². The third kappa shape index (κ3) is 7.01. The van der Waals surface area contributed by atoms with Gasteiger partial charge in [-0.3, -0.25) is 9.78 Å². The zero-order valence-corrected chi connectivity index (χ0v) is 20.4. The van der Waals surface area contributed by atoms with Crippen LogP contribution in [-0.2, 0) is 24.2 Å². The lowest BCUT2D eigenvalue weighted by atomic mass is 10.1. The lowest BCUT2D eigenvalue weighted by Crippen LogP contribution is -2.41. The second-order valence-electron chi connectivity index (χ2n) is 8.41. The number of hydrogen-bond acceptors (Lipinski definition) is 8. The third-order valence-corrected chi connectivity index (χ3v) is 7.21. The number of amides is 1. The highest BCUT2D eigenvalue weighted by Gasteiger charge is 2.26. The van der Waals surface area contributed by atoms with Crippen LogP contribution in [0, 0.1) is 6.92 Å². The normalized spacial score (nSPS) is 14.1. The number of aryl methyl sites for hydroxylation is 4. The number of rotatable bonds is 9. The summed E-state index contributed by atoms with van der Waals surface area (Å²) in [6.45, 7) is 3.46. The molecule has 2 aromatic heterocycles. The first-order valence-corrected chi connectivity index (χ1v) is 12.5. The third-order valence-electron chi connectivity index (χ3n) is 5.91. The predicted molar refractivity (Wildman–Crippen MR) is 129 cm³/mol. The largest absolute Gasteiger partial charge is 0.481 e. The van der Waals surface area contributed by atoms with Gasteiger partial charge < -0.3 is 14.7 Å². The number of aromatic nitrogens is 5. The van der Waals surface area contributed by atoms with Crippen LogP contribution < -0.4 is 4.74 Å². The van der Waals surface area contributed by atoms with Crippen LogP contribution in [0.1, 0.15) is 36.1 Å². The Morgan fingerprint density at radius 1 is 1.14 bits per heavy atom. The molecule has 1 N–H and O–H groups in total.